The zero-order valence-corrected chi connectivity index (χ0v) is 29.5. The number of fused-ring (bicyclic) bond motifs is 4. The molecule has 0 N–H and O–H groups in total. The summed E-state index contributed by atoms with van der Waals surface area (Å²) in [4.78, 5) is 31.3. The molecule has 0 atom stereocenters. The first-order valence-electron chi connectivity index (χ1n) is 17.8. The van der Waals surface area contributed by atoms with Gasteiger partial charge in [-0.25, -0.2) is 8.78 Å². The minimum absolute atomic E-state index is 0.0281. The first-order chi connectivity index (χ1) is 24.9. The highest BCUT2D eigenvalue weighted by Crippen LogP contribution is 2.35. The molecule has 0 radical (unpaired) electrons. The summed E-state index contributed by atoms with van der Waals surface area (Å²) >= 11 is 0. The van der Waals surface area contributed by atoms with E-state index in [0.29, 0.717) is 18.4 Å². The van der Waals surface area contributed by atoms with Crippen molar-refractivity contribution in [1.29, 1.82) is 0 Å². The summed E-state index contributed by atoms with van der Waals surface area (Å²) in [5.41, 5.74) is -2.05. The number of anilines is 1. The van der Waals surface area contributed by atoms with Gasteiger partial charge in [-0.3, -0.25) is 14.5 Å². The van der Waals surface area contributed by atoms with E-state index in [1.165, 1.54) is 80.5 Å². The summed E-state index contributed by atoms with van der Waals surface area (Å²) in [6, 6.07) is 10.3. The van der Waals surface area contributed by atoms with Crippen LogP contribution in [0.2, 0.25) is 0 Å². The van der Waals surface area contributed by atoms with Crippen LogP contribution < -0.4 is 19.8 Å². The van der Waals surface area contributed by atoms with Crippen LogP contribution in [0.25, 0.3) is 16.6 Å². The van der Waals surface area contributed by atoms with Crippen LogP contribution in [0.3, 0.4) is 0 Å². The molecule has 52 heavy (non-hydrogen) atoms. The molecule has 3 saturated heterocycles. The maximum absolute atomic E-state index is 14.1. The molecule has 3 fully saturated rings. The monoisotopic (exact) mass is 727 g/mol. The molecule has 8 nitrogen and oxygen atoms in total. The molecular formula is C39H44F5N4O4+. The number of unbranched alkanes of at least 4 members (excludes halogenated alkanes) is 4. The highest BCUT2D eigenvalue weighted by Gasteiger charge is 2.37. The number of pyridine rings is 1. The van der Waals surface area contributed by atoms with E-state index in [0.717, 1.165) is 61.0 Å². The zero-order valence-electron chi connectivity index (χ0n) is 29.5. The first-order valence-corrected chi connectivity index (χ1v) is 17.8. The lowest BCUT2D eigenvalue weighted by Gasteiger charge is -2.50. The van der Waals surface area contributed by atoms with Gasteiger partial charge in [0.25, 0.3) is 5.91 Å². The van der Waals surface area contributed by atoms with Crippen molar-refractivity contribution in [2.24, 2.45) is 0 Å². The van der Waals surface area contributed by atoms with Crippen molar-refractivity contribution in [3.63, 3.8) is 0 Å². The fourth-order valence-corrected chi connectivity index (χ4v) is 7.39. The van der Waals surface area contributed by atoms with E-state index in [9.17, 15) is 31.5 Å². The molecule has 0 spiro atoms. The quantitative estimate of drug-likeness (QED) is 0.0768. The number of rotatable bonds is 14. The number of methoxy groups -OCH3 is 1. The molecule has 2 bridgehead atoms. The van der Waals surface area contributed by atoms with E-state index >= 15 is 0 Å². The minimum Gasteiger partial charge on any atom is -0.497 e. The fraction of sp³-hybridized carbons (Fsp3) is 0.436. The van der Waals surface area contributed by atoms with Gasteiger partial charge in [0.05, 0.1) is 51.0 Å². The molecule has 4 aromatic rings. The van der Waals surface area contributed by atoms with E-state index in [-0.39, 0.29) is 34.6 Å². The van der Waals surface area contributed by atoms with Crippen LogP contribution in [0.15, 0.2) is 65.6 Å². The second-order valence-electron chi connectivity index (χ2n) is 13.7. The Morgan fingerprint density at radius 1 is 0.865 bits per heavy atom. The van der Waals surface area contributed by atoms with Gasteiger partial charge in [0.15, 0.2) is 0 Å². The molecule has 3 aliphatic rings. The predicted molar refractivity (Wildman–Crippen MR) is 190 cm³/mol. The van der Waals surface area contributed by atoms with Gasteiger partial charge >= 0.3 is 6.18 Å². The number of benzene rings is 3. The van der Waals surface area contributed by atoms with Crippen LogP contribution in [0.5, 0.6) is 11.5 Å². The summed E-state index contributed by atoms with van der Waals surface area (Å²) in [7, 11) is 1.23. The average molecular weight is 728 g/mol. The summed E-state index contributed by atoms with van der Waals surface area (Å²) < 4.78 is 84.0. The Bertz CT molecular complexity index is 1940. The number of carbonyl (C=O) groups is 1. The molecule has 13 heteroatoms. The van der Waals surface area contributed by atoms with Crippen molar-refractivity contribution >= 4 is 22.5 Å². The van der Waals surface area contributed by atoms with Crippen molar-refractivity contribution in [3.05, 3.63) is 93.8 Å². The van der Waals surface area contributed by atoms with Crippen molar-refractivity contribution in [3.8, 4) is 17.2 Å². The van der Waals surface area contributed by atoms with Gasteiger partial charge in [0.2, 0.25) is 5.43 Å². The third kappa shape index (κ3) is 8.25. The van der Waals surface area contributed by atoms with Gasteiger partial charge < -0.3 is 23.4 Å². The summed E-state index contributed by atoms with van der Waals surface area (Å²) in [6.45, 7) is 10.6. The van der Waals surface area contributed by atoms with E-state index in [4.69, 9.17) is 9.47 Å². The third-order valence-corrected chi connectivity index (χ3v) is 10.4. The van der Waals surface area contributed by atoms with E-state index < -0.39 is 40.3 Å². The number of amides is 1. The first kappa shape index (κ1) is 37.3. The largest absolute Gasteiger partial charge is 0.497 e. The SMILES string of the molecule is CCN(C(=O)c1cn(-c2cc(OC)cc(C(F)(F)F)c2)c2cc(OCCCCCCC[N+]34CCN(CC3)CC4)ccc2c1=O)c1cc(F)cc(F)c1. The number of carbonyl (C=O) groups excluding carboxylic acids is 1. The number of aromatic nitrogens is 1. The highest BCUT2D eigenvalue weighted by atomic mass is 19.4. The second-order valence-corrected chi connectivity index (χ2v) is 13.7. The number of ether oxygens (including phenoxy) is 2. The van der Waals surface area contributed by atoms with Crippen LogP contribution in [-0.2, 0) is 6.18 Å². The summed E-state index contributed by atoms with van der Waals surface area (Å²) in [5, 5.41) is 0.0394. The fourth-order valence-electron chi connectivity index (χ4n) is 7.39. The number of hydrogen-bond donors (Lipinski definition) is 0. The molecule has 278 valence electrons. The molecule has 0 unspecified atom stereocenters. The Balaban J connectivity index is 1.24. The maximum atomic E-state index is 14.1. The van der Waals surface area contributed by atoms with Crippen LogP contribution in [0.1, 0.15) is 54.9 Å². The number of halogens is 5. The van der Waals surface area contributed by atoms with Gasteiger partial charge in [-0.05, 0) is 62.6 Å². The Labute approximate surface area is 299 Å². The molecular weight excluding hydrogens is 683 g/mol. The summed E-state index contributed by atoms with van der Waals surface area (Å²) in [6.07, 6.45) is 1.70. The van der Waals surface area contributed by atoms with E-state index in [2.05, 4.69) is 4.90 Å². The Hall–Kier alpha value is -4.49. The van der Waals surface area contributed by atoms with Crippen molar-refractivity contribution in [1.82, 2.24) is 9.47 Å². The number of hydrogen-bond acceptors (Lipinski definition) is 5. The van der Waals surface area contributed by atoms with Crippen molar-refractivity contribution in [2.45, 2.75) is 45.2 Å². The number of alkyl halides is 3. The molecule has 1 aromatic heterocycles. The molecule has 0 aliphatic carbocycles. The van der Waals surface area contributed by atoms with E-state index in [1.54, 1.807) is 19.1 Å². The highest BCUT2D eigenvalue weighted by molar-refractivity contribution is 6.07. The van der Waals surface area contributed by atoms with E-state index in [1.807, 2.05) is 0 Å². The van der Waals surface area contributed by atoms with Crippen LogP contribution in [0, 0.1) is 11.6 Å². The molecule has 0 saturated carbocycles. The lowest BCUT2D eigenvalue weighted by Crippen LogP contribution is -2.67. The minimum atomic E-state index is -4.72. The third-order valence-electron chi connectivity index (χ3n) is 10.4. The van der Waals surface area contributed by atoms with Crippen LogP contribution in [0.4, 0.5) is 27.6 Å². The predicted octanol–water partition coefficient (Wildman–Crippen LogP) is 7.44. The van der Waals surface area contributed by atoms with Crippen molar-refractivity contribution < 1.29 is 40.7 Å². The van der Waals surface area contributed by atoms with Gasteiger partial charge in [-0.2, -0.15) is 13.2 Å². The van der Waals surface area contributed by atoms with Crippen LogP contribution >= 0.6 is 0 Å². The Morgan fingerprint density at radius 3 is 2.19 bits per heavy atom. The zero-order chi connectivity index (χ0) is 37.0. The van der Waals surface area contributed by atoms with Gasteiger partial charge in [0.1, 0.15) is 28.7 Å². The Kier molecular flexibility index (Phi) is 11.2. The Morgan fingerprint density at radius 2 is 1.54 bits per heavy atom. The summed E-state index contributed by atoms with van der Waals surface area (Å²) in [5.74, 6) is -2.40. The van der Waals surface area contributed by atoms with Gasteiger partial charge in [-0.15, -0.1) is 0 Å². The number of piperazine rings is 3. The average Bonchev–Trinajstić information content (AvgIpc) is 3.13. The molecule has 4 heterocycles. The molecule has 7 rings (SSSR count). The number of quaternary nitrogens is 1. The number of nitrogens with zero attached hydrogens (tertiary/aromatic N) is 4. The lowest BCUT2D eigenvalue weighted by atomic mass is 10.1. The molecule has 3 aromatic carbocycles. The van der Waals surface area contributed by atoms with Gasteiger partial charge in [0, 0.05) is 67.3 Å². The lowest BCUT2D eigenvalue weighted by molar-refractivity contribution is -0.941. The molecule has 3 aliphatic heterocycles. The standard InChI is InChI=1S/C39H44F5N4O4/c1-3-46(31-22-28(40)21-29(41)23-31)38(50)35-26-47(30-19-27(39(42,43)44)20-33(24-30)51-2)36-25-32(9-10-34(36)37(35)49)52-18-8-6-4-5-7-14-48-15-11-45(12-16-48)13-17-48/h9-10,19-26H,3-8,11-18H2,1-2H3/q+1. The smallest absolute Gasteiger partial charge is 0.416 e. The maximum Gasteiger partial charge on any atom is 0.416 e. The normalized spacial score (nSPS) is 18.5. The van der Waals surface area contributed by atoms with Gasteiger partial charge in [-0.1, -0.05) is 12.8 Å². The topological polar surface area (TPSA) is 64.0 Å². The van der Waals surface area contributed by atoms with Crippen molar-refractivity contribution in [2.75, 3.05) is 71.0 Å². The second kappa shape index (κ2) is 15.6. The van der Waals surface area contributed by atoms with Crippen LogP contribution in [-0.4, -0.2) is 85.9 Å². The molecule has 1 amide bonds.